The Kier molecular flexibility index (Phi) is 6.57. The van der Waals surface area contributed by atoms with Crippen LogP contribution in [0.25, 0.3) is 0 Å². The van der Waals surface area contributed by atoms with Crippen LogP contribution in [-0.4, -0.2) is 40.1 Å². The smallest absolute Gasteiger partial charge is 0.242 e. The van der Waals surface area contributed by atoms with Gasteiger partial charge >= 0.3 is 0 Å². The van der Waals surface area contributed by atoms with Crippen LogP contribution in [0, 0.1) is 13.8 Å². The normalized spacial score (nSPS) is 12.0. The largest absolute Gasteiger partial charge is 0.350 e. The number of H-pyrrole nitrogens is 1. The molecule has 1 rings (SSSR count). The van der Waals surface area contributed by atoms with E-state index in [9.17, 15) is 9.59 Å². The molecule has 0 aliphatic carbocycles. The van der Waals surface area contributed by atoms with E-state index in [0.717, 1.165) is 22.7 Å². The van der Waals surface area contributed by atoms with Crippen LogP contribution in [0.2, 0.25) is 0 Å². The number of hydrogen-bond donors (Lipinski definition) is 3. The van der Waals surface area contributed by atoms with Crippen molar-refractivity contribution in [1.29, 1.82) is 0 Å². The van der Waals surface area contributed by atoms with Gasteiger partial charge in [-0.15, -0.1) is 0 Å². The van der Waals surface area contributed by atoms with Crippen LogP contribution in [0.5, 0.6) is 0 Å². The molecule has 0 radical (unpaired) electrons. The molecule has 0 aromatic carbocycles. The maximum Gasteiger partial charge on any atom is 0.242 e. The summed E-state index contributed by atoms with van der Waals surface area (Å²) < 4.78 is 0. The topological polar surface area (TPSA) is 86.9 Å². The number of thioether (sulfide) groups is 1. The molecule has 3 N–H and O–H groups in total. The van der Waals surface area contributed by atoms with Crippen LogP contribution < -0.4 is 10.6 Å². The maximum atomic E-state index is 12.1. The minimum absolute atomic E-state index is 0.158. The standard InChI is InChI=1S/C13H22N4O2S/c1-8-11(9(2)17-16-8)7-14-13(19)12(5-6-20-4)15-10(3)18/h12H,5-7H2,1-4H3,(H,14,19)(H,15,18)(H,16,17)/t12-/m0/s1. The molecule has 1 aromatic heterocycles. The number of aryl methyl sites for hydroxylation is 2. The molecule has 0 spiro atoms. The van der Waals surface area contributed by atoms with E-state index in [-0.39, 0.29) is 11.8 Å². The molecule has 6 nitrogen and oxygen atoms in total. The van der Waals surface area contributed by atoms with Crippen molar-refractivity contribution in [2.45, 2.75) is 39.8 Å². The first-order chi connectivity index (χ1) is 9.45. The number of nitrogens with zero attached hydrogens (tertiary/aromatic N) is 1. The number of carbonyl (C=O) groups excluding carboxylic acids is 2. The second-order valence-corrected chi connectivity index (χ2v) is 5.65. The Morgan fingerprint density at radius 1 is 1.40 bits per heavy atom. The molecule has 0 aliphatic rings. The fourth-order valence-electron chi connectivity index (χ4n) is 1.88. The third kappa shape index (κ3) is 4.88. The number of hydrogen-bond acceptors (Lipinski definition) is 4. The van der Waals surface area contributed by atoms with Gasteiger partial charge in [0.05, 0.1) is 5.69 Å². The van der Waals surface area contributed by atoms with Crippen LogP contribution in [0.4, 0.5) is 0 Å². The third-order valence-electron chi connectivity index (χ3n) is 3.02. The fraction of sp³-hybridized carbons (Fsp3) is 0.615. The van der Waals surface area contributed by atoms with Crippen LogP contribution >= 0.6 is 11.8 Å². The van der Waals surface area contributed by atoms with Crippen molar-refractivity contribution in [3.05, 3.63) is 17.0 Å². The zero-order valence-electron chi connectivity index (χ0n) is 12.4. The van der Waals surface area contributed by atoms with Crippen LogP contribution in [-0.2, 0) is 16.1 Å². The van der Waals surface area contributed by atoms with Gasteiger partial charge in [0, 0.05) is 24.7 Å². The minimum Gasteiger partial charge on any atom is -0.350 e. The van der Waals surface area contributed by atoms with Gasteiger partial charge in [-0.2, -0.15) is 16.9 Å². The van der Waals surface area contributed by atoms with Crippen LogP contribution in [0.15, 0.2) is 0 Å². The third-order valence-corrected chi connectivity index (χ3v) is 3.67. The van der Waals surface area contributed by atoms with Crippen molar-refractivity contribution < 1.29 is 9.59 Å². The Bertz CT molecular complexity index is 453. The molecule has 20 heavy (non-hydrogen) atoms. The number of rotatable bonds is 7. The number of aromatic nitrogens is 2. The summed E-state index contributed by atoms with van der Waals surface area (Å²) in [6.07, 6.45) is 2.59. The summed E-state index contributed by atoms with van der Waals surface area (Å²) in [6, 6.07) is -0.479. The zero-order valence-corrected chi connectivity index (χ0v) is 13.2. The molecule has 1 aromatic rings. The summed E-state index contributed by atoms with van der Waals surface area (Å²) in [5, 5.41) is 12.5. The number of aromatic amines is 1. The van der Waals surface area contributed by atoms with Gasteiger partial charge in [0.15, 0.2) is 0 Å². The summed E-state index contributed by atoms with van der Waals surface area (Å²) in [5.41, 5.74) is 2.82. The van der Waals surface area contributed by atoms with E-state index >= 15 is 0 Å². The van der Waals surface area contributed by atoms with E-state index in [0.29, 0.717) is 13.0 Å². The van der Waals surface area contributed by atoms with Crippen molar-refractivity contribution in [2.24, 2.45) is 0 Å². The highest BCUT2D eigenvalue weighted by Gasteiger charge is 2.19. The van der Waals surface area contributed by atoms with E-state index in [1.54, 1.807) is 11.8 Å². The number of amides is 2. The van der Waals surface area contributed by atoms with E-state index < -0.39 is 6.04 Å². The zero-order chi connectivity index (χ0) is 15.1. The van der Waals surface area contributed by atoms with Gasteiger partial charge in [0.25, 0.3) is 0 Å². The van der Waals surface area contributed by atoms with Gasteiger partial charge in [-0.3, -0.25) is 14.7 Å². The average Bonchev–Trinajstić information content (AvgIpc) is 2.71. The lowest BCUT2D eigenvalue weighted by Crippen LogP contribution is -2.46. The van der Waals surface area contributed by atoms with Gasteiger partial charge in [0.2, 0.25) is 11.8 Å². The van der Waals surface area contributed by atoms with Gasteiger partial charge < -0.3 is 10.6 Å². The highest BCUT2D eigenvalue weighted by Crippen LogP contribution is 2.09. The van der Waals surface area contributed by atoms with E-state index in [1.807, 2.05) is 20.1 Å². The summed E-state index contributed by atoms with van der Waals surface area (Å²) in [7, 11) is 0. The summed E-state index contributed by atoms with van der Waals surface area (Å²) in [6.45, 7) is 5.65. The number of carbonyl (C=O) groups is 2. The average molecular weight is 298 g/mol. The summed E-state index contributed by atoms with van der Waals surface area (Å²) >= 11 is 1.65. The highest BCUT2D eigenvalue weighted by molar-refractivity contribution is 7.98. The van der Waals surface area contributed by atoms with Crippen molar-refractivity contribution >= 4 is 23.6 Å². The molecule has 0 saturated heterocycles. The first-order valence-electron chi connectivity index (χ1n) is 6.50. The Hall–Kier alpha value is -1.50. The summed E-state index contributed by atoms with van der Waals surface area (Å²) in [5.74, 6) is 0.471. The molecule has 0 unspecified atom stereocenters. The molecule has 0 bridgehead atoms. The van der Waals surface area contributed by atoms with Gasteiger partial charge in [-0.05, 0) is 32.3 Å². The SMILES string of the molecule is CSCC[C@H](NC(C)=O)C(=O)NCc1c(C)n[nH]c1C. The van der Waals surface area contributed by atoms with Crippen molar-refractivity contribution in [3.63, 3.8) is 0 Å². The molecular weight excluding hydrogens is 276 g/mol. The maximum absolute atomic E-state index is 12.1. The van der Waals surface area contributed by atoms with Gasteiger partial charge in [0.1, 0.15) is 6.04 Å². The molecule has 2 amide bonds. The van der Waals surface area contributed by atoms with Crippen LogP contribution in [0.3, 0.4) is 0 Å². The lowest BCUT2D eigenvalue weighted by Gasteiger charge is -2.17. The predicted molar refractivity (Wildman–Crippen MR) is 80.5 cm³/mol. The van der Waals surface area contributed by atoms with Crippen LogP contribution in [0.1, 0.15) is 30.3 Å². The Morgan fingerprint density at radius 3 is 2.60 bits per heavy atom. The first-order valence-corrected chi connectivity index (χ1v) is 7.89. The van der Waals surface area contributed by atoms with E-state index in [2.05, 4.69) is 20.8 Å². The molecule has 0 aliphatic heterocycles. The lowest BCUT2D eigenvalue weighted by atomic mass is 10.1. The van der Waals surface area contributed by atoms with Gasteiger partial charge in [-0.1, -0.05) is 0 Å². The van der Waals surface area contributed by atoms with Crippen molar-refractivity contribution in [2.75, 3.05) is 12.0 Å². The van der Waals surface area contributed by atoms with E-state index in [4.69, 9.17) is 0 Å². The Labute approximate surface area is 123 Å². The lowest BCUT2D eigenvalue weighted by molar-refractivity contribution is -0.128. The quantitative estimate of drug-likeness (QED) is 0.698. The summed E-state index contributed by atoms with van der Waals surface area (Å²) in [4.78, 5) is 23.3. The molecule has 0 saturated carbocycles. The highest BCUT2D eigenvalue weighted by atomic mass is 32.2. The molecular formula is C13H22N4O2S. The van der Waals surface area contributed by atoms with Gasteiger partial charge in [-0.25, -0.2) is 0 Å². The first kappa shape index (κ1) is 16.6. The Balaban J connectivity index is 2.59. The second kappa shape index (κ2) is 7.94. The fourth-order valence-corrected chi connectivity index (χ4v) is 2.35. The predicted octanol–water partition coefficient (Wildman–Crippen LogP) is 0.901. The van der Waals surface area contributed by atoms with Crippen molar-refractivity contribution in [3.8, 4) is 0 Å². The minimum atomic E-state index is -0.479. The monoisotopic (exact) mass is 298 g/mol. The van der Waals surface area contributed by atoms with E-state index in [1.165, 1.54) is 6.92 Å². The molecule has 7 heteroatoms. The molecule has 1 heterocycles. The molecule has 0 fully saturated rings. The number of nitrogens with one attached hydrogen (secondary N) is 3. The van der Waals surface area contributed by atoms with Crippen molar-refractivity contribution in [1.82, 2.24) is 20.8 Å². The second-order valence-electron chi connectivity index (χ2n) is 4.66. The molecule has 1 atom stereocenters. The Morgan fingerprint density at radius 2 is 2.10 bits per heavy atom. The molecule has 112 valence electrons.